The minimum absolute atomic E-state index is 0.419. The van der Waals surface area contributed by atoms with Gasteiger partial charge in [-0.15, -0.1) is 0 Å². The van der Waals surface area contributed by atoms with Crippen molar-refractivity contribution >= 4 is 5.82 Å². The van der Waals surface area contributed by atoms with E-state index in [2.05, 4.69) is 21.4 Å². The number of ether oxygens (including phenoxy) is 2. The summed E-state index contributed by atoms with van der Waals surface area (Å²) in [4.78, 5) is 8.82. The van der Waals surface area contributed by atoms with Crippen LogP contribution in [-0.4, -0.2) is 30.2 Å². The Morgan fingerprint density at radius 1 is 1.36 bits per heavy atom. The van der Waals surface area contributed by atoms with Crippen LogP contribution in [0.4, 0.5) is 5.82 Å². The van der Waals surface area contributed by atoms with Crippen molar-refractivity contribution in [3.8, 4) is 11.5 Å². The van der Waals surface area contributed by atoms with E-state index < -0.39 is 0 Å². The van der Waals surface area contributed by atoms with E-state index in [0.717, 1.165) is 41.7 Å². The molecule has 0 fully saturated rings. The van der Waals surface area contributed by atoms with Gasteiger partial charge in [0.1, 0.15) is 17.3 Å². The number of methoxy groups -OCH3 is 1. The number of aryl methyl sites for hydroxylation is 2. The van der Waals surface area contributed by atoms with Crippen LogP contribution < -0.4 is 14.8 Å². The fourth-order valence-electron chi connectivity index (χ4n) is 2.62. The first-order chi connectivity index (χ1) is 10.7. The second-order valence-electron chi connectivity index (χ2n) is 5.68. The van der Waals surface area contributed by atoms with E-state index in [-0.39, 0.29) is 0 Å². The third-order valence-electron chi connectivity index (χ3n) is 3.89. The second-order valence-corrected chi connectivity index (χ2v) is 5.68. The van der Waals surface area contributed by atoms with Crippen LogP contribution in [0.25, 0.3) is 0 Å². The van der Waals surface area contributed by atoms with E-state index in [0.29, 0.717) is 12.5 Å². The number of nitrogens with zero attached hydrogens (tertiary/aromatic N) is 2. The molecule has 0 aliphatic carbocycles. The van der Waals surface area contributed by atoms with E-state index in [4.69, 9.17) is 9.47 Å². The summed E-state index contributed by atoms with van der Waals surface area (Å²) in [5.41, 5.74) is 3.07. The molecule has 0 amide bonds. The van der Waals surface area contributed by atoms with E-state index in [1.165, 1.54) is 5.56 Å². The number of nitrogens with one attached hydrogen (secondary N) is 1. The van der Waals surface area contributed by atoms with Gasteiger partial charge in [-0.2, -0.15) is 0 Å². The summed E-state index contributed by atoms with van der Waals surface area (Å²) in [5, 5.41) is 3.40. The summed E-state index contributed by atoms with van der Waals surface area (Å²) in [7, 11) is 1.67. The molecule has 1 aliphatic heterocycles. The lowest BCUT2D eigenvalue weighted by molar-refractivity contribution is 0.228. The predicted molar refractivity (Wildman–Crippen MR) is 85.7 cm³/mol. The molecule has 116 valence electrons. The Balaban J connectivity index is 1.64. The standard InChI is InChI=1S/C17H21N3O2/c1-11-8-18-12(2)17(20-11)19-9-13-6-14-4-5-15(21-3)7-16(14)22-10-13/h4-5,7-8,13H,6,9-10H2,1-3H3,(H,19,20)/t13-/m0/s1. The SMILES string of the molecule is COc1ccc2c(c1)OC[C@H](CNc1nc(C)cnc1C)C2. The Kier molecular flexibility index (Phi) is 4.13. The summed E-state index contributed by atoms with van der Waals surface area (Å²) in [6.45, 7) is 5.44. The minimum Gasteiger partial charge on any atom is -0.497 e. The lowest BCUT2D eigenvalue weighted by atomic mass is 9.96. The molecule has 0 unspecified atom stereocenters. The first-order valence-corrected chi connectivity index (χ1v) is 7.49. The number of anilines is 1. The van der Waals surface area contributed by atoms with E-state index in [1.54, 1.807) is 13.3 Å². The number of hydrogen-bond acceptors (Lipinski definition) is 5. The first kappa shape index (κ1) is 14.6. The fraction of sp³-hybridized carbons (Fsp3) is 0.412. The van der Waals surface area contributed by atoms with E-state index in [9.17, 15) is 0 Å². The molecule has 1 N–H and O–H groups in total. The van der Waals surface area contributed by atoms with Crippen molar-refractivity contribution in [3.63, 3.8) is 0 Å². The van der Waals surface area contributed by atoms with Crippen LogP contribution in [0.2, 0.25) is 0 Å². The van der Waals surface area contributed by atoms with Crippen molar-refractivity contribution in [3.05, 3.63) is 41.3 Å². The Labute approximate surface area is 130 Å². The zero-order valence-corrected chi connectivity index (χ0v) is 13.2. The Morgan fingerprint density at radius 3 is 3.05 bits per heavy atom. The quantitative estimate of drug-likeness (QED) is 0.941. The smallest absolute Gasteiger partial charge is 0.147 e. The molecule has 1 aromatic carbocycles. The molecule has 0 saturated heterocycles. The van der Waals surface area contributed by atoms with Gasteiger partial charge in [-0.25, -0.2) is 4.98 Å². The molecule has 3 rings (SSSR count). The van der Waals surface area contributed by atoms with Gasteiger partial charge < -0.3 is 14.8 Å². The van der Waals surface area contributed by atoms with Gasteiger partial charge in [0.15, 0.2) is 0 Å². The Bertz CT molecular complexity index is 673. The molecule has 5 heteroatoms. The molecular weight excluding hydrogens is 278 g/mol. The van der Waals surface area contributed by atoms with Gasteiger partial charge in [0.05, 0.1) is 25.1 Å². The second kappa shape index (κ2) is 6.22. The van der Waals surface area contributed by atoms with Gasteiger partial charge in [0.2, 0.25) is 0 Å². The third kappa shape index (κ3) is 3.13. The van der Waals surface area contributed by atoms with Crippen molar-refractivity contribution in [1.29, 1.82) is 0 Å². The van der Waals surface area contributed by atoms with Crippen LogP contribution in [0.15, 0.2) is 24.4 Å². The maximum atomic E-state index is 5.86. The molecule has 0 spiro atoms. The summed E-state index contributed by atoms with van der Waals surface area (Å²) in [6, 6.07) is 6.02. The van der Waals surface area contributed by atoms with Crippen molar-refractivity contribution in [2.24, 2.45) is 5.92 Å². The van der Waals surface area contributed by atoms with Crippen LogP contribution in [-0.2, 0) is 6.42 Å². The van der Waals surface area contributed by atoms with Crippen molar-refractivity contribution in [2.75, 3.05) is 25.6 Å². The van der Waals surface area contributed by atoms with Gasteiger partial charge in [-0.1, -0.05) is 6.07 Å². The lowest BCUT2D eigenvalue weighted by Gasteiger charge is -2.26. The van der Waals surface area contributed by atoms with Crippen LogP contribution in [0.5, 0.6) is 11.5 Å². The van der Waals surface area contributed by atoms with Crippen LogP contribution in [0.1, 0.15) is 17.0 Å². The highest BCUT2D eigenvalue weighted by Crippen LogP contribution is 2.31. The summed E-state index contributed by atoms with van der Waals surface area (Å²) in [5.74, 6) is 3.05. The van der Waals surface area contributed by atoms with Gasteiger partial charge >= 0.3 is 0 Å². The molecule has 1 aliphatic rings. The molecule has 0 bridgehead atoms. The van der Waals surface area contributed by atoms with Gasteiger partial charge in [0.25, 0.3) is 0 Å². The van der Waals surface area contributed by atoms with E-state index in [1.807, 2.05) is 26.0 Å². The largest absolute Gasteiger partial charge is 0.497 e. The molecular formula is C17H21N3O2. The van der Waals surface area contributed by atoms with Crippen LogP contribution in [0, 0.1) is 19.8 Å². The molecule has 2 heterocycles. The lowest BCUT2D eigenvalue weighted by Crippen LogP contribution is -2.27. The predicted octanol–water partition coefficient (Wildman–Crippen LogP) is 2.77. The molecule has 1 aromatic heterocycles. The number of hydrogen-bond donors (Lipinski definition) is 1. The average molecular weight is 299 g/mol. The number of rotatable bonds is 4. The van der Waals surface area contributed by atoms with E-state index >= 15 is 0 Å². The van der Waals surface area contributed by atoms with Crippen molar-refractivity contribution in [1.82, 2.24) is 9.97 Å². The highest BCUT2D eigenvalue weighted by molar-refractivity contribution is 5.43. The van der Waals surface area contributed by atoms with Crippen molar-refractivity contribution in [2.45, 2.75) is 20.3 Å². The summed E-state index contributed by atoms with van der Waals surface area (Å²) >= 11 is 0. The molecule has 2 aromatic rings. The molecule has 5 nitrogen and oxygen atoms in total. The zero-order valence-electron chi connectivity index (χ0n) is 13.2. The average Bonchev–Trinajstić information content (AvgIpc) is 2.55. The highest BCUT2D eigenvalue weighted by Gasteiger charge is 2.20. The Hall–Kier alpha value is -2.30. The normalized spacial score (nSPS) is 16.6. The topological polar surface area (TPSA) is 56.3 Å². The molecule has 1 atom stereocenters. The van der Waals surface area contributed by atoms with Gasteiger partial charge in [-0.05, 0) is 31.9 Å². The first-order valence-electron chi connectivity index (χ1n) is 7.49. The fourth-order valence-corrected chi connectivity index (χ4v) is 2.62. The Morgan fingerprint density at radius 2 is 2.23 bits per heavy atom. The molecule has 22 heavy (non-hydrogen) atoms. The maximum Gasteiger partial charge on any atom is 0.147 e. The van der Waals surface area contributed by atoms with Crippen LogP contribution >= 0.6 is 0 Å². The number of benzene rings is 1. The van der Waals surface area contributed by atoms with Crippen LogP contribution in [0.3, 0.4) is 0 Å². The number of aromatic nitrogens is 2. The van der Waals surface area contributed by atoms with Crippen molar-refractivity contribution < 1.29 is 9.47 Å². The third-order valence-corrected chi connectivity index (χ3v) is 3.89. The zero-order chi connectivity index (χ0) is 15.5. The minimum atomic E-state index is 0.419. The summed E-state index contributed by atoms with van der Waals surface area (Å²) < 4.78 is 11.1. The maximum absolute atomic E-state index is 5.86. The van der Waals surface area contributed by atoms with Gasteiger partial charge in [0, 0.05) is 24.7 Å². The highest BCUT2D eigenvalue weighted by atomic mass is 16.5. The number of fused-ring (bicyclic) bond motifs is 1. The van der Waals surface area contributed by atoms with Gasteiger partial charge in [-0.3, -0.25) is 4.98 Å². The molecule has 0 radical (unpaired) electrons. The molecule has 0 saturated carbocycles. The monoisotopic (exact) mass is 299 g/mol. The summed E-state index contributed by atoms with van der Waals surface area (Å²) in [6.07, 6.45) is 2.78.